The fourth-order valence-electron chi connectivity index (χ4n) is 2.25. The average Bonchev–Trinajstić information content (AvgIpc) is 2.61. The number of rotatable bonds is 9. The second-order valence-corrected chi connectivity index (χ2v) is 5.39. The number of methoxy groups -OCH3 is 1. The molecule has 0 aliphatic rings. The first-order chi connectivity index (χ1) is 12.1. The number of hydrogen-bond acceptors (Lipinski definition) is 4. The minimum Gasteiger partial charge on any atom is -0.493 e. The van der Waals surface area contributed by atoms with Gasteiger partial charge in [0.25, 0.3) is 0 Å². The lowest BCUT2D eigenvalue weighted by atomic mass is 10.1. The van der Waals surface area contributed by atoms with Crippen molar-refractivity contribution in [3.63, 3.8) is 0 Å². The van der Waals surface area contributed by atoms with Gasteiger partial charge >= 0.3 is 5.97 Å². The van der Waals surface area contributed by atoms with Crippen LogP contribution in [0.4, 0.5) is 0 Å². The lowest BCUT2D eigenvalue weighted by molar-refractivity contribution is -0.131. The van der Waals surface area contributed by atoms with Crippen LogP contribution in [0.2, 0.25) is 0 Å². The van der Waals surface area contributed by atoms with Gasteiger partial charge in [-0.25, -0.2) is 4.79 Å². The van der Waals surface area contributed by atoms with Crippen molar-refractivity contribution in [3.05, 3.63) is 60.2 Å². The molecule has 5 heteroatoms. The molecular formula is C20H22O5. The molecule has 0 radical (unpaired) electrons. The van der Waals surface area contributed by atoms with Gasteiger partial charge in [0.1, 0.15) is 5.75 Å². The van der Waals surface area contributed by atoms with Crippen LogP contribution in [0.15, 0.2) is 54.6 Å². The molecule has 0 bridgehead atoms. The van der Waals surface area contributed by atoms with Gasteiger partial charge in [0, 0.05) is 12.5 Å². The van der Waals surface area contributed by atoms with Gasteiger partial charge in [0.2, 0.25) is 0 Å². The predicted molar refractivity (Wildman–Crippen MR) is 96.3 cm³/mol. The molecule has 0 saturated heterocycles. The first kappa shape index (κ1) is 18.4. The molecule has 0 aliphatic heterocycles. The van der Waals surface area contributed by atoms with E-state index in [4.69, 9.17) is 19.3 Å². The quantitative estimate of drug-likeness (QED) is 0.550. The largest absolute Gasteiger partial charge is 0.493 e. The molecule has 2 rings (SSSR count). The summed E-state index contributed by atoms with van der Waals surface area (Å²) in [6.45, 7) is 2.76. The number of carbonyl (C=O) groups is 1. The molecule has 0 aromatic heterocycles. The second kappa shape index (κ2) is 9.37. The number of carboxylic acid groups (broad SMARTS) is 1. The molecule has 2 aromatic carbocycles. The monoisotopic (exact) mass is 342 g/mol. The average molecular weight is 342 g/mol. The Morgan fingerprint density at radius 1 is 1.04 bits per heavy atom. The van der Waals surface area contributed by atoms with E-state index in [0.29, 0.717) is 36.7 Å². The molecule has 132 valence electrons. The minimum atomic E-state index is -0.978. The van der Waals surface area contributed by atoms with Crippen molar-refractivity contribution in [3.8, 4) is 17.2 Å². The highest BCUT2D eigenvalue weighted by atomic mass is 16.5. The van der Waals surface area contributed by atoms with Gasteiger partial charge in [0.05, 0.1) is 20.3 Å². The van der Waals surface area contributed by atoms with Gasteiger partial charge in [-0.3, -0.25) is 0 Å². The van der Waals surface area contributed by atoms with Crippen LogP contribution < -0.4 is 14.2 Å². The van der Waals surface area contributed by atoms with Crippen molar-refractivity contribution in [2.45, 2.75) is 13.3 Å². The van der Waals surface area contributed by atoms with E-state index in [1.54, 1.807) is 32.2 Å². The Morgan fingerprint density at radius 2 is 1.76 bits per heavy atom. The van der Waals surface area contributed by atoms with Crippen LogP contribution >= 0.6 is 0 Å². The smallest absolute Gasteiger partial charge is 0.328 e. The second-order valence-electron chi connectivity index (χ2n) is 5.39. The topological polar surface area (TPSA) is 65.0 Å². The standard InChI is InChI=1S/C20H22O5/c1-15(13-20(21)22)16-9-10-18(23-2)19(14-16)25-12-6-11-24-17-7-4-3-5-8-17/h3-5,7-10,13-14H,6,11-12H2,1-2H3,(H,21,22). The summed E-state index contributed by atoms with van der Waals surface area (Å²) in [5, 5.41) is 8.86. The summed E-state index contributed by atoms with van der Waals surface area (Å²) in [6, 6.07) is 15.0. The van der Waals surface area contributed by atoms with Crippen molar-refractivity contribution >= 4 is 11.5 Å². The Morgan fingerprint density at radius 3 is 2.44 bits per heavy atom. The van der Waals surface area contributed by atoms with E-state index in [9.17, 15) is 4.79 Å². The highest BCUT2D eigenvalue weighted by molar-refractivity contribution is 5.89. The maximum atomic E-state index is 10.8. The Hall–Kier alpha value is -2.95. The Kier molecular flexibility index (Phi) is 6.89. The lowest BCUT2D eigenvalue weighted by Gasteiger charge is -2.13. The number of hydrogen-bond donors (Lipinski definition) is 1. The molecule has 2 aromatic rings. The molecule has 0 atom stereocenters. The van der Waals surface area contributed by atoms with Crippen LogP contribution in [-0.2, 0) is 4.79 Å². The minimum absolute atomic E-state index is 0.467. The van der Waals surface area contributed by atoms with Gasteiger partial charge < -0.3 is 19.3 Å². The van der Waals surface area contributed by atoms with Gasteiger partial charge in [-0.05, 0) is 42.3 Å². The van der Waals surface area contributed by atoms with Crippen LogP contribution in [0.25, 0.3) is 5.57 Å². The SMILES string of the molecule is COc1ccc(C(C)=CC(=O)O)cc1OCCCOc1ccccc1. The van der Waals surface area contributed by atoms with Crippen molar-refractivity contribution in [2.24, 2.45) is 0 Å². The zero-order valence-corrected chi connectivity index (χ0v) is 14.4. The first-order valence-corrected chi connectivity index (χ1v) is 8.00. The molecule has 0 spiro atoms. The molecular weight excluding hydrogens is 320 g/mol. The van der Waals surface area contributed by atoms with E-state index in [1.165, 1.54) is 6.08 Å². The highest BCUT2D eigenvalue weighted by Crippen LogP contribution is 2.30. The molecule has 0 unspecified atom stereocenters. The molecule has 0 amide bonds. The fourth-order valence-corrected chi connectivity index (χ4v) is 2.25. The summed E-state index contributed by atoms with van der Waals surface area (Å²) in [6.07, 6.45) is 1.88. The zero-order chi connectivity index (χ0) is 18.1. The van der Waals surface area contributed by atoms with E-state index >= 15 is 0 Å². The number of ether oxygens (including phenoxy) is 3. The van der Waals surface area contributed by atoms with Crippen LogP contribution in [0, 0.1) is 0 Å². The van der Waals surface area contributed by atoms with Crippen molar-refractivity contribution < 1.29 is 24.1 Å². The van der Waals surface area contributed by atoms with Crippen molar-refractivity contribution in [2.75, 3.05) is 20.3 Å². The van der Waals surface area contributed by atoms with Gasteiger partial charge in [-0.1, -0.05) is 24.3 Å². The third-order valence-corrected chi connectivity index (χ3v) is 3.52. The Labute approximate surface area is 147 Å². The summed E-state index contributed by atoms with van der Waals surface area (Å²) in [7, 11) is 1.57. The van der Waals surface area contributed by atoms with E-state index in [0.717, 1.165) is 11.3 Å². The Balaban J connectivity index is 1.92. The van der Waals surface area contributed by atoms with E-state index < -0.39 is 5.97 Å². The summed E-state index contributed by atoms with van der Waals surface area (Å²) >= 11 is 0. The number of allylic oxidation sites excluding steroid dienone is 1. The van der Waals surface area contributed by atoms with Crippen LogP contribution in [0.1, 0.15) is 18.9 Å². The molecule has 0 fully saturated rings. The van der Waals surface area contributed by atoms with E-state index in [-0.39, 0.29) is 0 Å². The Bertz CT molecular complexity index is 722. The maximum absolute atomic E-state index is 10.8. The number of benzene rings is 2. The molecule has 0 saturated carbocycles. The predicted octanol–water partition coefficient (Wildman–Crippen LogP) is 4.03. The third kappa shape index (κ3) is 5.88. The summed E-state index contributed by atoms with van der Waals surface area (Å²) in [4.78, 5) is 10.8. The molecule has 0 heterocycles. The first-order valence-electron chi connectivity index (χ1n) is 8.00. The van der Waals surface area contributed by atoms with Crippen LogP contribution in [-0.4, -0.2) is 31.4 Å². The summed E-state index contributed by atoms with van der Waals surface area (Å²) < 4.78 is 16.7. The molecule has 25 heavy (non-hydrogen) atoms. The van der Waals surface area contributed by atoms with Crippen LogP contribution in [0.5, 0.6) is 17.2 Å². The fraction of sp³-hybridized carbons (Fsp3) is 0.250. The lowest BCUT2D eigenvalue weighted by Crippen LogP contribution is -2.06. The summed E-state index contributed by atoms with van der Waals surface area (Å²) in [5.41, 5.74) is 1.42. The molecule has 5 nitrogen and oxygen atoms in total. The van der Waals surface area contributed by atoms with Crippen molar-refractivity contribution in [1.29, 1.82) is 0 Å². The van der Waals surface area contributed by atoms with Gasteiger partial charge in [0.15, 0.2) is 11.5 Å². The third-order valence-electron chi connectivity index (χ3n) is 3.52. The summed E-state index contributed by atoms with van der Waals surface area (Å²) in [5.74, 6) is 1.04. The number of carboxylic acids is 1. The highest BCUT2D eigenvalue weighted by Gasteiger charge is 2.08. The van der Waals surface area contributed by atoms with Crippen molar-refractivity contribution in [1.82, 2.24) is 0 Å². The number of para-hydroxylation sites is 1. The zero-order valence-electron chi connectivity index (χ0n) is 14.4. The van der Waals surface area contributed by atoms with Gasteiger partial charge in [-0.2, -0.15) is 0 Å². The molecule has 0 aliphatic carbocycles. The number of aliphatic carboxylic acids is 1. The molecule has 1 N–H and O–H groups in total. The van der Waals surface area contributed by atoms with E-state index in [2.05, 4.69) is 0 Å². The maximum Gasteiger partial charge on any atom is 0.328 e. The van der Waals surface area contributed by atoms with E-state index in [1.807, 2.05) is 30.3 Å². The van der Waals surface area contributed by atoms with Crippen LogP contribution in [0.3, 0.4) is 0 Å². The van der Waals surface area contributed by atoms with Gasteiger partial charge in [-0.15, -0.1) is 0 Å². The normalized spacial score (nSPS) is 11.0.